The van der Waals surface area contributed by atoms with Gasteiger partial charge in [-0.1, -0.05) is 23.7 Å². The van der Waals surface area contributed by atoms with Gasteiger partial charge in [-0.2, -0.15) is 0 Å². The summed E-state index contributed by atoms with van der Waals surface area (Å²) in [5.41, 5.74) is 2.14. The number of hydrogen-bond donors (Lipinski definition) is 2. The Bertz CT molecular complexity index is 1480. The fraction of sp³-hybridized carbons (Fsp3) is 0.357. The van der Waals surface area contributed by atoms with E-state index in [1.165, 1.54) is 13.0 Å². The summed E-state index contributed by atoms with van der Waals surface area (Å²) in [7, 11) is 3.56. The maximum Gasteiger partial charge on any atom is 0.243 e. The first-order valence-corrected chi connectivity index (χ1v) is 12.9. The Labute approximate surface area is 224 Å². The SMILES string of the molecule is CC(=O)c1cn(CC(=O)N2C(C(=O)NCc3cccc(Cl)c3F)CC3CC32)c2ccc(C(=N)N(C)C)cc12. The highest BCUT2D eigenvalue weighted by Crippen LogP contribution is 2.48. The van der Waals surface area contributed by atoms with Crippen LogP contribution in [0.5, 0.6) is 0 Å². The van der Waals surface area contributed by atoms with Gasteiger partial charge in [0.15, 0.2) is 5.78 Å². The van der Waals surface area contributed by atoms with Crippen molar-refractivity contribution >= 4 is 45.9 Å². The minimum absolute atomic E-state index is 0.00906. The molecule has 38 heavy (non-hydrogen) atoms. The van der Waals surface area contributed by atoms with Crippen molar-refractivity contribution in [3.63, 3.8) is 0 Å². The maximum absolute atomic E-state index is 14.3. The normalized spacial score (nSPS) is 19.8. The molecule has 1 aliphatic heterocycles. The molecule has 198 valence electrons. The van der Waals surface area contributed by atoms with Crippen molar-refractivity contribution in [2.45, 2.75) is 44.9 Å². The van der Waals surface area contributed by atoms with Gasteiger partial charge in [0.2, 0.25) is 11.8 Å². The zero-order valence-corrected chi connectivity index (χ0v) is 22.2. The molecule has 3 atom stereocenters. The van der Waals surface area contributed by atoms with Crippen LogP contribution in [0.15, 0.2) is 42.6 Å². The minimum Gasteiger partial charge on any atom is -0.363 e. The Morgan fingerprint density at radius 1 is 1.18 bits per heavy atom. The Hall–Kier alpha value is -3.72. The van der Waals surface area contributed by atoms with E-state index >= 15 is 0 Å². The highest BCUT2D eigenvalue weighted by atomic mass is 35.5. The van der Waals surface area contributed by atoms with Gasteiger partial charge < -0.3 is 19.7 Å². The lowest BCUT2D eigenvalue weighted by Gasteiger charge is -2.27. The largest absolute Gasteiger partial charge is 0.363 e. The molecule has 8 nitrogen and oxygen atoms in total. The van der Waals surface area contributed by atoms with Crippen molar-refractivity contribution in [2.75, 3.05) is 14.1 Å². The molecule has 2 heterocycles. The highest BCUT2D eigenvalue weighted by molar-refractivity contribution is 6.30. The van der Waals surface area contributed by atoms with Crippen molar-refractivity contribution < 1.29 is 18.8 Å². The number of nitrogens with zero attached hydrogens (tertiary/aromatic N) is 3. The summed E-state index contributed by atoms with van der Waals surface area (Å²) in [6, 6.07) is 9.43. The molecular formula is C28H29ClFN5O3. The number of piperidine rings is 1. The second kappa shape index (κ2) is 9.87. The number of hydrogen-bond acceptors (Lipinski definition) is 4. The van der Waals surface area contributed by atoms with Crippen LogP contribution in [0.25, 0.3) is 10.9 Å². The molecule has 5 rings (SSSR count). The predicted molar refractivity (Wildman–Crippen MR) is 143 cm³/mol. The van der Waals surface area contributed by atoms with Crippen LogP contribution in [-0.2, 0) is 22.7 Å². The summed E-state index contributed by atoms with van der Waals surface area (Å²) >= 11 is 5.85. The average Bonchev–Trinajstić information content (AvgIpc) is 3.39. The van der Waals surface area contributed by atoms with Crippen LogP contribution in [0.4, 0.5) is 4.39 Å². The summed E-state index contributed by atoms with van der Waals surface area (Å²) in [5, 5.41) is 11.7. The van der Waals surface area contributed by atoms with Gasteiger partial charge in [-0.3, -0.25) is 19.8 Å². The van der Waals surface area contributed by atoms with E-state index in [-0.39, 0.29) is 53.2 Å². The lowest BCUT2D eigenvalue weighted by atomic mass is 10.1. The molecule has 2 fully saturated rings. The number of amides is 2. The van der Waals surface area contributed by atoms with E-state index in [0.29, 0.717) is 34.3 Å². The number of fused-ring (bicyclic) bond motifs is 2. The van der Waals surface area contributed by atoms with Crippen LogP contribution < -0.4 is 5.32 Å². The molecule has 2 N–H and O–H groups in total. The van der Waals surface area contributed by atoms with Crippen molar-refractivity contribution in [1.29, 1.82) is 5.41 Å². The lowest BCUT2D eigenvalue weighted by molar-refractivity contribution is -0.140. The summed E-state index contributed by atoms with van der Waals surface area (Å²) in [4.78, 5) is 42.4. The van der Waals surface area contributed by atoms with Crippen molar-refractivity contribution in [3.8, 4) is 0 Å². The zero-order valence-electron chi connectivity index (χ0n) is 21.4. The van der Waals surface area contributed by atoms with Crippen molar-refractivity contribution in [2.24, 2.45) is 5.92 Å². The zero-order chi connectivity index (χ0) is 27.3. The average molecular weight is 538 g/mol. The second-order valence-electron chi connectivity index (χ2n) is 10.2. The Morgan fingerprint density at radius 2 is 1.95 bits per heavy atom. The number of carbonyl (C=O) groups is 3. The van der Waals surface area contributed by atoms with Crippen LogP contribution >= 0.6 is 11.6 Å². The van der Waals surface area contributed by atoms with Crippen LogP contribution in [0.2, 0.25) is 5.02 Å². The Balaban J connectivity index is 1.36. The summed E-state index contributed by atoms with van der Waals surface area (Å²) < 4.78 is 16.0. The number of halogens is 2. The number of rotatable bonds is 7. The van der Waals surface area contributed by atoms with E-state index in [9.17, 15) is 18.8 Å². The van der Waals surface area contributed by atoms with E-state index in [0.717, 1.165) is 6.42 Å². The monoisotopic (exact) mass is 537 g/mol. The standard InChI is InChI=1S/C28H29ClFN5O3/c1-15(36)20-13-34(22-8-7-16(9-19(20)22)27(31)33(2)3)14-25(37)35-23-10-18(23)11-24(35)28(38)32-12-17-5-4-6-21(29)26(17)30/h4-9,13,18,23-24,31H,10-12,14H2,1-3H3,(H,32,38). The molecular weight excluding hydrogens is 509 g/mol. The van der Waals surface area contributed by atoms with E-state index in [2.05, 4.69) is 5.32 Å². The van der Waals surface area contributed by atoms with Crippen molar-refractivity contribution in [3.05, 3.63) is 70.1 Å². The Kier molecular flexibility index (Phi) is 6.73. The van der Waals surface area contributed by atoms with Crippen LogP contribution in [0.1, 0.15) is 41.3 Å². The molecule has 0 spiro atoms. The molecule has 10 heteroatoms. The molecule has 1 aromatic heterocycles. The smallest absolute Gasteiger partial charge is 0.243 e. The molecule has 1 saturated carbocycles. The molecule has 2 aliphatic rings. The summed E-state index contributed by atoms with van der Waals surface area (Å²) in [5.74, 6) is -0.635. The minimum atomic E-state index is -0.630. The molecule has 3 unspecified atom stereocenters. The number of Topliss-reactive ketones (excluding diaryl/α,β-unsaturated/α-hetero) is 1. The quantitative estimate of drug-likeness (QED) is 0.272. The molecule has 1 aliphatic carbocycles. The summed E-state index contributed by atoms with van der Waals surface area (Å²) in [6.07, 6.45) is 3.10. The van der Waals surface area contributed by atoms with Gasteiger partial charge in [0.25, 0.3) is 0 Å². The fourth-order valence-corrected chi connectivity index (χ4v) is 5.57. The van der Waals surface area contributed by atoms with E-state index in [1.54, 1.807) is 58.9 Å². The third-order valence-electron chi connectivity index (χ3n) is 7.47. The van der Waals surface area contributed by atoms with Gasteiger partial charge >= 0.3 is 0 Å². The van der Waals surface area contributed by atoms with Gasteiger partial charge in [0, 0.05) is 60.5 Å². The van der Waals surface area contributed by atoms with E-state index in [1.807, 2.05) is 6.07 Å². The van der Waals surface area contributed by atoms with E-state index < -0.39 is 11.9 Å². The number of likely N-dealkylation sites (tertiary alicyclic amines) is 1. The van der Waals surface area contributed by atoms with Crippen LogP contribution in [-0.4, -0.2) is 64.0 Å². The Morgan fingerprint density at radius 3 is 2.66 bits per heavy atom. The number of aromatic nitrogens is 1. The number of ketones is 1. The molecule has 2 amide bonds. The summed E-state index contributed by atoms with van der Waals surface area (Å²) in [6.45, 7) is 1.43. The second-order valence-corrected chi connectivity index (χ2v) is 10.7. The third kappa shape index (κ3) is 4.67. The van der Waals surface area contributed by atoms with Gasteiger partial charge in [-0.25, -0.2) is 4.39 Å². The van der Waals surface area contributed by atoms with Crippen LogP contribution in [0.3, 0.4) is 0 Å². The first-order valence-electron chi connectivity index (χ1n) is 12.5. The first kappa shape index (κ1) is 25.9. The molecule has 0 radical (unpaired) electrons. The van der Waals surface area contributed by atoms with E-state index in [4.69, 9.17) is 17.0 Å². The van der Waals surface area contributed by atoms with Gasteiger partial charge in [0.05, 0.1) is 5.02 Å². The molecule has 0 bridgehead atoms. The molecule has 2 aromatic carbocycles. The number of nitrogens with one attached hydrogen (secondary N) is 2. The topological polar surface area (TPSA) is 98.5 Å². The number of benzene rings is 2. The number of carbonyl (C=O) groups excluding carboxylic acids is 3. The molecule has 1 saturated heterocycles. The van der Waals surface area contributed by atoms with Crippen LogP contribution in [0, 0.1) is 17.1 Å². The van der Waals surface area contributed by atoms with Gasteiger partial charge in [-0.05, 0) is 49.9 Å². The maximum atomic E-state index is 14.3. The third-order valence-corrected chi connectivity index (χ3v) is 7.76. The predicted octanol–water partition coefficient (Wildman–Crippen LogP) is 3.83. The van der Waals surface area contributed by atoms with Crippen molar-refractivity contribution in [1.82, 2.24) is 19.7 Å². The molecule has 3 aromatic rings. The van der Waals surface area contributed by atoms with Gasteiger partial charge in [-0.15, -0.1) is 0 Å². The number of amidine groups is 1. The lowest BCUT2D eigenvalue weighted by Crippen LogP contribution is -2.48. The van der Waals surface area contributed by atoms with Gasteiger partial charge in [0.1, 0.15) is 24.2 Å². The fourth-order valence-electron chi connectivity index (χ4n) is 5.38. The highest BCUT2D eigenvalue weighted by Gasteiger charge is 2.55. The first-order chi connectivity index (χ1) is 18.1.